The molecule has 0 unspecified atom stereocenters. The van der Waals surface area contributed by atoms with E-state index in [9.17, 15) is 4.79 Å². The highest BCUT2D eigenvalue weighted by Crippen LogP contribution is 2.24. The van der Waals surface area contributed by atoms with Crippen LogP contribution in [-0.2, 0) is 12.0 Å². The third-order valence-corrected chi connectivity index (χ3v) is 5.73. The van der Waals surface area contributed by atoms with Crippen molar-refractivity contribution in [2.24, 2.45) is 0 Å². The van der Waals surface area contributed by atoms with E-state index in [-0.39, 0.29) is 11.3 Å². The van der Waals surface area contributed by atoms with Gasteiger partial charge in [0.1, 0.15) is 5.82 Å². The zero-order valence-electron chi connectivity index (χ0n) is 19.4. The van der Waals surface area contributed by atoms with Gasteiger partial charge in [0, 0.05) is 29.5 Å². The van der Waals surface area contributed by atoms with Gasteiger partial charge in [0.2, 0.25) is 0 Å². The van der Waals surface area contributed by atoms with Crippen molar-refractivity contribution in [3.05, 3.63) is 102 Å². The van der Waals surface area contributed by atoms with Gasteiger partial charge in [0.25, 0.3) is 5.91 Å². The molecular weight excluding hydrogens is 424 g/mol. The lowest BCUT2D eigenvalue weighted by atomic mass is 9.87. The molecule has 3 aromatic heterocycles. The Morgan fingerprint density at radius 2 is 1.74 bits per heavy atom. The Morgan fingerprint density at radius 1 is 0.971 bits per heavy atom. The largest absolute Gasteiger partial charge is 0.306 e. The van der Waals surface area contributed by atoms with E-state index in [1.807, 2.05) is 65.5 Å². The number of amides is 1. The van der Waals surface area contributed by atoms with E-state index in [2.05, 4.69) is 53.4 Å². The molecule has 0 aliphatic carbocycles. The second kappa shape index (κ2) is 8.59. The molecule has 2 aromatic carbocycles. The van der Waals surface area contributed by atoms with E-state index in [0.29, 0.717) is 23.6 Å². The topological polar surface area (TPSA) is 77.1 Å². The highest BCUT2D eigenvalue weighted by atomic mass is 16.1. The summed E-state index contributed by atoms with van der Waals surface area (Å²) in [5.74, 6) is 0.256. The molecule has 0 spiro atoms. The predicted molar refractivity (Wildman–Crippen MR) is 133 cm³/mol. The summed E-state index contributed by atoms with van der Waals surface area (Å²) in [6.07, 6.45) is 5.47. The van der Waals surface area contributed by atoms with Gasteiger partial charge in [-0.2, -0.15) is 10.2 Å². The van der Waals surface area contributed by atoms with Gasteiger partial charge in [-0.1, -0.05) is 63.2 Å². The number of nitrogens with one attached hydrogen (secondary N) is 1. The second-order valence-corrected chi connectivity index (χ2v) is 9.32. The maximum Gasteiger partial charge on any atom is 0.256 e. The molecule has 0 bridgehead atoms. The highest BCUT2D eigenvalue weighted by Gasteiger charge is 2.16. The van der Waals surface area contributed by atoms with Gasteiger partial charge in [-0.15, -0.1) is 0 Å². The number of benzene rings is 2. The third-order valence-electron chi connectivity index (χ3n) is 5.73. The highest BCUT2D eigenvalue weighted by molar-refractivity contribution is 6.04. The fourth-order valence-electron chi connectivity index (χ4n) is 3.85. The van der Waals surface area contributed by atoms with Gasteiger partial charge >= 0.3 is 0 Å². The molecule has 7 heteroatoms. The molecule has 0 radical (unpaired) electrons. The van der Waals surface area contributed by atoms with Gasteiger partial charge in [-0.3, -0.25) is 9.48 Å². The van der Waals surface area contributed by atoms with Crippen molar-refractivity contribution in [3.63, 3.8) is 0 Å². The van der Waals surface area contributed by atoms with E-state index >= 15 is 0 Å². The first-order chi connectivity index (χ1) is 16.4. The molecule has 34 heavy (non-hydrogen) atoms. The van der Waals surface area contributed by atoms with Crippen molar-refractivity contribution in [2.75, 3.05) is 5.32 Å². The van der Waals surface area contributed by atoms with Crippen molar-refractivity contribution in [1.82, 2.24) is 24.4 Å². The van der Waals surface area contributed by atoms with Crippen LogP contribution in [0.2, 0.25) is 0 Å². The molecule has 0 aliphatic heterocycles. The van der Waals surface area contributed by atoms with Crippen LogP contribution in [0.3, 0.4) is 0 Å². The molecule has 7 nitrogen and oxygen atoms in total. The molecule has 5 rings (SSSR count). The third kappa shape index (κ3) is 4.45. The Kier molecular flexibility index (Phi) is 5.45. The molecule has 3 heterocycles. The molecule has 1 N–H and O–H groups in total. The smallest absolute Gasteiger partial charge is 0.256 e. The van der Waals surface area contributed by atoms with E-state index in [1.54, 1.807) is 16.9 Å². The lowest BCUT2D eigenvalue weighted by Gasteiger charge is -2.19. The van der Waals surface area contributed by atoms with Crippen molar-refractivity contribution in [2.45, 2.75) is 32.7 Å². The number of rotatable bonds is 5. The molecule has 0 saturated carbocycles. The van der Waals surface area contributed by atoms with Crippen molar-refractivity contribution in [1.29, 1.82) is 0 Å². The van der Waals surface area contributed by atoms with E-state index in [4.69, 9.17) is 0 Å². The minimum atomic E-state index is -0.206. The number of hydrogen-bond donors (Lipinski definition) is 1. The van der Waals surface area contributed by atoms with Crippen molar-refractivity contribution in [3.8, 4) is 11.3 Å². The summed E-state index contributed by atoms with van der Waals surface area (Å²) >= 11 is 0. The van der Waals surface area contributed by atoms with Crippen LogP contribution < -0.4 is 5.32 Å². The normalized spacial score (nSPS) is 11.6. The Balaban J connectivity index is 1.42. The summed E-state index contributed by atoms with van der Waals surface area (Å²) < 4.78 is 3.63. The molecular formula is C27H26N6O. The van der Waals surface area contributed by atoms with Gasteiger partial charge in [-0.25, -0.2) is 9.50 Å². The Morgan fingerprint density at radius 3 is 2.47 bits per heavy atom. The SMILES string of the molecule is CC(C)(C)c1ccc(C(=O)Nc2cc(-c3cnn(Cc4ccccc4)c3)n3nccc3n2)cc1. The van der Waals surface area contributed by atoms with Crippen LogP contribution in [-0.4, -0.2) is 30.3 Å². The van der Waals surface area contributed by atoms with Gasteiger partial charge < -0.3 is 5.32 Å². The maximum absolute atomic E-state index is 12.9. The lowest BCUT2D eigenvalue weighted by molar-refractivity contribution is 0.102. The van der Waals surface area contributed by atoms with Crippen molar-refractivity contribution >= 4 is 17.4 Å². The van der Waals surface area contributed by atoms with Gasteiger partial charge in [0.05, 0.1) is 24.6 Å². The van der Waals surface area contributed by atoms with Gasteiger partial charge in [0.15, 0.2) is 5.65 Å². The first-order valence-electron chi connectivity index (χ1n) is 11.2. The quantitative estimate of drug-likeness (QED) is 0.400. The molecule has 0 atom stereocenters. The average molecular weight is 451 g/mol. The van der Waals surface area contributed by atoms with Gasteiger partial charge in [-0.05, 0) is 28.7 Å². The average Bonchev–Trinajstić information content (AvgIpc) is 3.48. The molecule has 1 amide bonds. The fraction of sp³-hybridized carbons (Fsp3) is 0.185. The Bertz CT molecular complexity index is 1440. The molecule has 170 valence electrons. The molecule has 0 fully saturated rings. The van der Waals surface area contributed by atoms with E-state index in [1.165, 1.54) is 11.1 Å². The first-order valence-corrected chi connectivity index (χ1v) is 11.2. The van der Waals surface area contributed by atoms with Crippen molar-refractivity contribution < 1.29 is 4.79 Å². The van der Waals surface area contributed by atoms with Crippen LogP contribution in [0.4, 0.5) is 5.82 Å². The molecule has 5 aromatic rings. The standard InChI is InChI=1S/C27H26N6O/c1-27(2,3)22-11-9-20(10-12-22)26(34)31-24-15-23(33-25(30-24)13-14-28-33)21-16-29-32(18-21)17-19-7-5-4-6-8-19/h4-16,18H,17H2,1-3H3,(H,30,31,34). The lowest BCUT2D eigenvalue weighted by Crippen LogP contribution is -2.15. The second-order valence-electron chi connectivity index (χ2n) is 9.32. The van der Waals surface area contributed by atoms with Crippen LogP contribution in [0.5, 0.6) is 0 Å². The van der Waals surface area contributed by atoms with Crippen LogP contribution in [0.15, 0.2) is 85.3 Å². The number of hydrogen-bond acceptors (Lipinski definition) is 4. The van der Waals surface area contributed by atoms with Crippen LogP contribution in [0, 0.1) is 0 Å². The van der Waals surface area contributed by atoms with Crippen LogP contribution in [0.25, 0.3) is 16.9 Å². The first kappa shape index (κ1) is 21.6. The maximum atomic E-state index is 12.9. The van der Waals surface area contributed by atoms with Crippen LogP contribution >= 0.6 is 0 Å². The summed E-state index contributed by atoms with van der Waals surface area (Å²) in [7, 11) is 0. The minimum absolute atomic E-state index is 0.0312. The summed E-state index contributed by atoms with van der Waals surface area (Å²) in [6, 6.07) is 21.5. The number of anilines is 1. The number of carbonyl (C=O) groups excluding carboxylic acids is 1. The zero-order chi connectivity index (χ0) is 23.7. The van der Waals surface area contributed by atoms with E-state index < -0.39 is 0 Å². The zero-order valence-corrected chi connectivity index (χ0v) is 19.4. The summed E-state index contributed by atoms with van der Waals surface area (Å²) in [5.41, 5.74) is 5.29. The van der Waals surface area contributed by atoms with E-state index in [0.717, 1.165) is 11.3 Å². The number of fused-ring (bicyclic) bond motifs is 1. The molecule has 0 saturated heterocycles. The Labute approximate surface area is 198 Å². The Hall–Kier alpha value is -4.26. The number of aromatic nitrogens is 5. The number of carbonyl (C=O) groups is 1. The number of nitrogens with zero attached hydrogens (tertiary/aromatic N) is 5. The molecule has 0 aliphatic rings. The van der Waals surface area contributed by atoms with Crippen LogP contribution in [0.1, 0.15) is 42.3 Å². The monoisotopic (exact) mass is 450 g/mol. The minimum Gasteiger partial charge on any atom is -0.306 e. The summed E-state index contributed by atoms with van der Waals surface area (Å²) in [4.78, 5) is 17.5. The predicted octanol–water partition coefficient (Wildman–Crippen LogP) is 5.19. The summed E-state index contributed by atoms with van der Waals surface area (Å²) in [6.45, 7) is 7.12. The summed E-state index contributed by atoms with van der Waals surface area (Å²) in [5, 5.41) is 11.9. The fourth-order valence-corrected chi connectivity index (χ4v) is 3.85.